The van der Waals surface area contributed by atoms with Crippen LogP contribution in [0, 0.1) is 0 Å². The average molecular weight is 509 g/mol. The molecule has 0 aliphatic heterocycles. The van der Waals surface area contributed by atoms with Gasteiger partial charge in [-0.1, -0.05) is 49.7 Å². The Kier molecular flexibility index (Phi) is 7.23. The fourth-order valence-electron chi connectivity index (χ4n) is 4.30. The molecule has 0 spiro atoms. The van der Waals surface area contributed by atoms with Gasteiger partial charge in [0.05, 0.1) is 41.5 Å². The Morgan fingerprint density at radius 2 is 1.85 bits per heavy atom. The Balaban J connectivity index is 1.86. The zero-order chi connectivity index (χ0) is 23.4. The Hall–Kier alpha value is -2.99. The van der Waals surface area contributed by atoms with E-state index in [4.69, 9.17) is 9.47 Å². The van der Waals surface area contributed by atoms with E-state index in [0.29, 0.717) is 24.5 Å². The second-order valence-electron chi connectivity index (χ2n) is 7.93. The van der Waals surface area contributed by atoms with Crippen LogP contribution in [0.15, 0.2) is 59.1 Å². The molecule has 0 atom stereocenters. The predicted molar refractivity (Wildman–Crippen MR) is 138 cm³/mol. The van der Waals surface area contributed by atoms with Gasteiger partial charge in [0.2, 0.25) is 0 Å². The zero-order valence-corrected chi connectivity index (χ0v) is 20.9. The summed E-state index contributed by atoms with van der Waals surface area (Å²) in [4.78, 5) is 13.2. The molecule has 1 aromatic heterocycles. The number of fused-ring (bicyclic) bond motifs is 2. The van der Waals surface area contributed by atoms with Crippen molar-refractivity contribution >= 4 is 49.3 Å². The number of aromatic nitrogens is 1. The molecule has 0 amide bonds. The van der Waals surface area contributed by atoms with Gasteiger partial charge in [-0.2, -0.15) is 0 Å². The number of ether oxygens (including phenoxy) is 2. The fourth-order valence-corrected chi connectivity index (χ4v) is 4.80. The molecular weight excluding hydrogens is 480 g/mol. The molecule has 4 aromatic rings. The molecule has 4 rings (SSSR count). The number of rotatable bonds is 9. The highest BCUT2D eigenvalue weighted by molar-refractivity contribution is 9.10. The number of unbranched alkanes of at least 4 members (excludes halogenated alkanes) is 1. The number of benzene rings is 3. The van der Waals surface area contributed by atoms with Gasteiger partial charge in [-0.15, -0.1) is 0 Å². The van der Waals surface area contributed by atoms with Gasteiger partial charge in [-0.25, -0.2) is 4.79 Å². The summed E-state index contributed by atoms with van der Waals surface area (Å²) in [6, 6.07) is 18.5. The maximum absolute atomic E-state index is 13.2. The van der Waals surface area contributed by atoms with Crippen molar-refractivity contribution in [1.82, 2.24) is 4.57 Å². The largest absolute Gasteiger partial charge is 0.496 e. The van der Waals surface area contributed by atoms with E-state index < -0.39 is 0 Å². The number of anilines is 1. The third-order valence-corrected chi connectivity index (χ3v) is 6.52. The van der Waals surface area contributed by atoms with E-state index in [2.05, 4.69) is 57.0 Å². The molecule has 0 saturated heterocycles. The third kappa shape index (κ3) is 4.58. The molecule has 0 radical (unpaired) electrons. The quantitative estimate of drug-likeness (QED) is 0.244. The van der Waals surface area contributed by atoms with E-state index in [1.165, 1.54) is 5.39 Å². The summed E-state index contributed by atoms with van der Waals surface area (Å²) < 4.78 is 14.1. The monoisotopic (exact) mass is 508 g/mol. The number of aryl methyl sites for hydroxylation is 1. The summed E-state index contributed by atoms with van der Waals surface area (Å²) in [5.41, 5.74) is 3.55. The molecule has 172 valence electrons. The molecule has 1 N–H and O–H groups in total. The summed E-state index contributed by atoms with van der Waals surface area (Å²) in [5.74, 6) is 0.381. The van der Waals surface area contributed by atoms with Crippen molar-refractivity contribution in [2.24, 2.45) is 0 Å². The predicted octanol–water partition coefficient (Wildman–Crippen LogP) is 7.15. The first-order valence-electron chi connectivity index (χ1n) is 11.4. The maximum atomic E-state index is 13.2. The SMILES string of the molecule is CCCCn1c(CNc2cccc3ccccc23)c(C(=O)OCC)c2cc(OC)c(Br)cc21. The van der Waals surface area contributed by atoms with E-state index in [1.54, 1.807) is 7.11 Å². The Morgan fingerprint density at radius 3 is 2.61 bits per heavy atom. The van der Waals surface area contributed by atoms with E-state index in [0.717, 1.165) is 51.5 Å². The number of nitrogens with one attached hydrogen (secondary N) is 1. The fraction of sp³-hybridized carbons (Fsp3) is 0.296. The van der Waals surface area contributed by atoms with Crippen molar-refractivity contribution in [1.29, 1.82) is 0 Å². The summed E-state index contributed by atoms with van der Waals surface area (Å²) in [5, 5.41) is 6.76. The Labute approximate surface area is 202 Å². The van der Waals surface area contributed by atoms with Gasteiger partial charge in [0, 0.05) is 23.0 Å². The van der Waals surface area contributed by atoms with Gasteiger partial charge >= 0.3 is 5.97 Å². The molecule has 0 aliphatic rings. The summed E-state index contributed by atoms with van der Waals surface area (Å²) >= 11 is 3.61. The van der Waals surface area contributed by atoms with Gasteiger partial charge in [0.25, 0.3) is 0 Å². The van der Waals surface area contributed by atoms with Gasteiger partial charge in [0.15, 0.2) is 0 Å². The molecule has 0 saturated carbocycles. The highest BCUT2D eigenvalue weighted by atomic mass is 79.9. The van der Waals surface area contributed by atoms with Gasteiger partial charge in [-0.05, 0) is 52.9 Å². The molecule has 0 bridgehead atoms. The van der Waals surface area contributed by atoms with Crippen molar-refractivity contribution < 1.29 is 14.3 Å². The van der Waals surface area contributed by atoms with Crippen molar-refractivity contribution in [2.75, 3.05) is 19.0 Å². The normalized spacial score (nSPS) is 11.2. The number of carbonyl (C=O) groups is 1. The third-order valence-electron chi connectivity index (χ3n) is 5.90. The van der Waals surface area contributed by atoms with E-state index in [9.17, 15) is 4.79 Å². The lowest BCUT2D eigenvalue weighted by atomic mass is 10.1. The molecule has 5 nitrogen and oxygen atoms in total. The van der Waals surface area contributed by atoms with Crippen LogP contribution in [0.25, 0.3) is 21.7 Å². The number of nitrogens with zero attached hydrogens (tertiary/aromatic N) is 1. The molecule has 0 aliphatic carbocycles. The van der Waals surface area contributed by atoms with Crippen LogP contribution in [-0.4, -0.2) is 24.3 Å². The van der Waals surface area contributed by atoms with Gasteiger partial charge in [0.1, 0.15) is 5.75 Å². The summed E-state index contributed by atoms with van der Waals surface area (Å²) in [6.45, 7) is 5.65. The van der Waals surface area contributed by atoms with Crippen LogP contribution in [0.3, 0.4) is 0 Å². The van der Waals surface area contributed by atoms with Crippen LogP contribution in [0.1, 0.15) is 42.7 Å². The minimum absolute atomic E-state index is 0.308. The standard InChI is InChI=1S/C27H29BrN2O3/c1-4-6-14-30-23-16-21(28)25(32-3)15-20(23)26(27(31)33-5-2)24(30)17-29-22-13-9-11-18-10-7-8-12-19(18)22/h7-13,15-16,29H,4-6,14,17H2,1-3H3. The second kappa shape index (κ2) is 10.3. The van der Waals surface area contributed by atoms with Crippen LogP contribution >= 0.6 is 15.9 Å². The van der Waals surface area contributed by atoms with Gasteiger partial charge < -0.3 is 19.4 Å². The van der Waals surface area contributed by atoms with Crippen LogP contribution in [0.4, 0.5) is 5.69 Å². The smallest absolute Gasteiger partial charge is 0.340 e. The zero-order valence-electron chi connectivity index (χ0n) is 19.3. The van der Waals surface area contributed by atoms with Crippen LogP contribution < -0.4 is 10.1 Å². The highest BCUT2D eigenvalue weighted by Gasteiger charge is 2.25. The van der Waals surface area contributed by atoms with E-state index in [-0.39, 0.29) is 5.97 Å². The van der Waals surface area contributed by atoms with E-state index >= 15 is 0 Å². The second-order valence-corrected chi connectivity index (χ2v) is 8.79. The van der Waals surface area contributed by atoms with Crippen molar-refractivity contribution in [3.63, 3.8) is 0 Å². The minimum Gasteiger partial charge on any atom is -0.496 e. The number of halogens is 1. The molecule has 0 fully saturated rings. The lowest BCUT2D eigenvalue weighted by molar-refractivity contribution is 0.0527. The number of methoxy groups -OCH3 is 1. The topological polar surface area (TPSA) is 52.5 Å². The first kappa shape index (κ1) is 23.2. The summed E-state index contributed by atoms with van der Waals surface area (Å²) in [6.07, 6.45) is 2.07. The number of hydrogen-bond donors (Lipinski definition) is 1. The molecule has 33 heavy (non-hydrogen) atoms. The Morgan fingerprint density at radius 1 is 1.06 bits per heavy atom. The Bertz CT molecular complexity index is 1290. The average Bonchev–Trinajstić information content (AvgIpc) is 3.12. The lowest BCUT2D eigenvalue weighted by Crippen LogP contribution is -2.14. The molecule has 1 heterocycles. The number of hydrogen-bond acceptors (Lipinski definition) is 4. The summed E-state index contributed by atoms with van der Waals surface area (Å²) in [7, 11) is 1.63. The van der Waals surface area contributed by atoms with Crippen molar-refractivity contribution in [3.05, 3.63) is 70.3 Å². The first-order chi connectivity index (χ1) is 16.1. The highest BCUT2D eigenvalue weighted by Crippen LogP contribution is 2.36. The molecule has 0 unspecified atom stereocenters. The minimum atomic E-state index is -0.308. The van der Waals surface area contributed by atoms with Crippen LogP contribution in [0.5, 0.6) is 5.75 Å². The number of esters is 1. The molecular formula is C27H29BrN2O3. The first-order valence-corrected chi connectivity index (χ1v) is 12.2. The van der Waals surface area contributed by atoms with Crippen LogP contribution in [0.2, 0.25) is 0 Å². The van der Waals surface area contributed by atoms with Crippen molar-refractivity contribution in [3.8, 4) is 5.75 Å². The van der Waals surface area contributed by atoms with Gasteiger partial charge in [-0.3, -0.25) is 0 Å². The van der Waals surface area contributed by atoms with E-state index in [1.807, 2.05) is 37.3 Å². The van der Waals surface area contributed by atoms with Crippen molar-refractivity contribution in [2.45, 2.75) is 39.8 Å². The lowest BCUT2D eigenvalue weighted by Gasteiger charge is -2.15. The van der Waals surface area contributed by atoms with Crippen LogP contribution in [-0.2, 0) is 17.8 Å². The molecule has 6 heteroatoms. The molecule has 3 aromatic carbocycles. The maximum Gasteiger partial charge on any atom is 0.340 e. The number of carbonyl (C=O) groups excluding carboxylic acids is 1.